The quantitative estimate of drug-likeness (QED) is 0.338. The van der Waals surface area contributed by atoms with Gasteiger partial charge in [-0.25, -0.2) is 4.68 Å². The summed E-state index contributed by atoms with van der Waals surface area (Å²) in [4.78, 5) is 0. The first-order chi connectivity index (χ1) is 14.5. The van der Waals surface area contributed by atoms with Crippen molar-refractivity contribution < 1.29 is 12.6 Å². The maximum Gasteiger partial charge on any atom is 0.264 e. The molecule has 0 aliphatic heterocycles. The Hall–Kier alpha value is -3.29. The van der Waals surface area contributed by atoms with Gasteiger partial charge in [0.1, 0.15) is 17.8 Å². The summed E-state index contributed by atoms with van der Waals surface area (Å²) in [5, 5.41) is 8.60. The lowest BCUT2D eigenvalue weighted by Gasteiger charge is -2.35. The molecule has 0 N–H and O–H groups in total. The predicted molar refractivity (Wildman–Crippen MR) is 114 cm³/mol. The van der Waals surface area contributed by atoms with Crippen LogP contribution in [-0.4, -0.2) is 29.7 Å². The van der Waals surface area contributed by atoms with Crippen LogP contribution in [0, 0.1) is 0 Å². The Labute approximate surface area is 175 Å². The summed E-state index contributed by atoms with van der Waals surface area (Å²) >= 11 is 0. The van der Waals surface area contributed by atoms with E-state index in [4.69, 9.17) is 4.18 Å². The minimum absolute atomic E-state index is 0.173. The maximum atomic E-state index is 11.4. The average Bonchev–Trinajstić information content (AvgIpc) is 3.24. The molecule has 4 aromatic rings. The third-order valence-corrected chi connectivity index (χ3v) is 5.43. The first kappa shape index (κ1) is 20.0. The fourth-order valence-electron chi connectivity index (χ4n) is 3.63. The van der Waals surface area contributed by atoms with Crippen molar-refractivity contribution in [1.82, 2.24) is 15.0 Å². The number of rotatable bonds is 7. The van der Waals surface area contributed by atoms with Crippen molar-refractivity contribution in [3.8, 4) is 0 Å². The van der Waals surface area contributed by atoms with Crippen LogP contribution in [0.4, 0.5) is 0 Å². The highest BCUT2D eigenvalue weighted by molar-refractivity contribution is 7.85. The smallest absolute Gasteiger partial charge is 0.264 e. The SMILES string of the molecule is CS(=O)(=O)OCc1cn(C(c2ccccc2)(c2ccccc2)c2ccccc2)nn1. The molecule has 1 heterocycles. The molecule has 0 aliphatic carbocycles. The molecule has 3 aromatic carbocycles. The summed E-state index contributed by atoms with van der Waals surface area (Å²) in [5.41, 5.74) is 2.64. The molecule has 0 fully saturated rings. The van der Waals surface area contributed by atoms with Crippen molar-refractivity contribution in [1.29, 1.82) is 0 Å². The molecule has 4 rings (SSSR count). The van der Waals surface area contributed by atoms with Crippen molar-refractivity contribution in [2.45, 2.75) is 12.1 Å². The molecule has 0 saturated heterocycles. The lowest BCUT2D eigenvalue weighted by atomic mass is 9.77. The van der Waals surface area contributed by atoms with Crippen LogP contribution in [0.25, 0.3) is 0 Å². The van der Waals surface area contributed by atoms with E-state index in [0.717, 1.165) is 22.9 Å². The van der Waals surface area contributed by atoms with Gasteiger partial charge in [-0.15, -0.1) is 5.10 Å². The van der Waals surface area contributed by atoms with E-state index in [0.29, 0.717) is 5.69 Å². The monoisotopic (exact) mass is 419 g/mol. The van der Waals surface area contributed by atoms with E-state index < -0.39 is 15.7 Å². The lowest BCUT2D eigenvalue weighted by molar-refractivity contribution is 0.307. The predicted octanol–water partition coefficient (Wildman–Crippen LogP) is 3.59. The van der Waals surface area contributed by atoms with Gasteiger partial charge in [0.15, 0.2) is 0 Å². The zero-order chi connectivity index (χ0) is 21.0. The first-order valence-corrected chi connectivity index (χ1v) is 11.2. The molecule has 6 nitrogen and oxygen atoms in total. The Bertz CT molecular complexity index is 1110. The van der Waals surface area contributed by atoms with Crippen LogP contribution in [0.2, 0.25) is 0 Å². The summed E-state index contributed by atoms with van der Waals surface area (Å²) < 4.78 is 29.5. The minimum Gasteiger partial charge on any atom is -0.264 e. The molecule has 0 radical (unpaired) electrons. The Kier molecular flexibility index (Phi) is 5.48. The van der Waals surface area contributed by atoms with E-state index in [-0.39, 0.29) is 6.61 Å². The molecule has 1 aromatic heterocycles. The molecule has 30 heavy (non-hydrogen) atoms. The molecule has 0 bridgehead atoms. The maximum absolute atomic E-state index is 11.4. The van der Waals surface area contributed by atoms with Crippen LogP contribution in [0.5, 0.6) is 0 Å². The van der Waals surface area contributed by atoms with Gasteiger partial charge in [-0.2, -0.15) is 8.42 Å². The zero-order valence-corrected chi connectivity index (χ0v) is 17.2. The Morgan fingerprint density at radius 3 is 1.63 bits per heavy atom. The normalized spacial score (nSPS) is 12.0. The molecule has 0 aliphatic rings. The van der Waals surface area contributed by atoms with Crippen molar-refractivity contribution in [3.63, 3.8) is 0 Å². The van der Waals surface area contributed by atoms with Gasteiger partial charge in [0, 0.05) is 0 Å². The van der Waals surface area contributed by atoms with Crippen LogP contribution < -0.4 is 0 Å². The minimum atomic E-state index is -3.58. The highest BCUT2D eigenvalue weighted by atomic mass is 32.2. The highest BCUT2D eigenvalue weighted by Gasteiger charge is 2.39. The molecule has 152 valence electrons. The van der Waals surface area contributed by atoms with Crippen LogP contribution >= 0.6 is 0 Å². The Balaban J connectivity index is 1.96. The van der Waals surface area contributed by atoms with Gasteiger partial charge >= 0.3 is 0 Å². The molecule has 0 atom stereocenters. The second-order valence-corrected chi connectivity index (χ2v) is 8.57. The molecular weight excluding hydrogens is 398 g/mol. The summed E-state index contributed by atoms with van der Waals surface area (Å²) in [6, 6.07) is 30.1. The van der Waals surface area contributed by atoms with Gasteiger partial charge in [-0.3, -0.25) is 4.18 Å². The highest BCUT2D eigenvalue weighted by Crippen LogP contribution is 2.40. The van der Waals surface area contributed by atoms with Gasteiger partial charge in [0.2, 0.25) is 0 Å². The molecule has 0 saturated carbocycles. The number of hydrogen-bond donors (Lipinski definition) is 0. The van der Waals surface area contributed by atoms with E-state index in [9.17, 15) is 8.42 Å². The molecule has 0 unspecified atom stereocenters. The van der Waals surface area contributed by atoms with Gasteiger partial charge in [0.25, 0.3) is 10.1 Å². The fraction of sp³-hybridized carbons (Fsp3) is 0.130. The van der Waals surface area contributed by atoms with E-state index >= 15 is 0 Å². The molecule has 7 heteroatoms. The number of aromatic nitrogens is 3. The third kappa shape index (κ3) is 3.90. The summed E-state index contributed by atoms with van der Waals surface area (Å²) in [7, 11) is -3.58. The molecular formula is C23H21N3O3S. The number of nitrogens with zero attached hydrogens (tertiary/aromatic N) is 3. The standard InChI is InChI=1S/C23H21N3O3S/c1-30(27,28)29-18-22-17-26(25-24-22)23(19-11-5-2-6-12-19,20-13-7-3-8-14-20)21-15-9-4-10-16-21/h2-17H,18H2,1H3. The summed E-state index contributed by atoms with van der Waals surface area (Å²) in [6.45, 7) is -0.173. The van der Waals surface area contributed by atoms with Crippen LogP contribution in [-0.2, 0) is 26.4 Å². The van der Waals surface area contributed by atoms with Crippen LogP contribution in [0.3, 0.4) is 0 Å². The molecule has 0 amide bonds. The van der Waals surface area contributed by atoms with Crippen molar-refractivity contribution in [2.24, 2.45) is 0 Å². The van der Waals surface area contributed by atoms with Crippen molar-refractivity contribution in [2.75, 3.05) is 6.26 Å². The Morgan fingerprint density at radius 2 is 1.23 bits per heavy atom. The van der Waals surface area contributed by atoms with Gasteiger partial charge in [-0.1, -0.05) is 96.2 Å². The number of benzene rings is 3. The van der Waals surface area contributed by atoms with E-state index in [1.165, 1.54) is 0 Å². The number of hydrogen-bond acceptors (Lipinski definition) is 5. The topological polar surface area (TPSA) is 74.1 Å². The van der Waals surface area contributed by atoms with Crippen LogP contribution in [0.15, 0.2) is 97.2 Å². The van der Waals surface area contributed by atoms with E-state index in [1.807, 2.05) is 91.0 Å². The largest absolute Gasteiger partial charge is 0.264 e. The van der Waals surface area contributed by atoms with Gasteiger partial charge < -0.3 is 0 Å². The van der Waals surface area contributed by atoms with Gasteiger partial charge in [-0.05, 0) is 16.7 Å². The molecule has 0 spiro atoms. The Morgan fingerprint density at radius 1 is 0.800 bits per heavy atom. The van der Waals surface area contributed by atoms with Crippen molar-refractivity contribution >= 4 is 10.1 Å². The first-order valence-electron chi connectivity index (χ1n) is 9.43. The summed E-state index contributed by atoms with van der Waals surface area (Å²) in [5.74, 6) is 0. The second kappa shape index (κ2) is 8.22. The average molecular weight is 420 g/mol. The second-order valence-electron chi connectivity index (χ2n) is 6.93. The summed E-state index contributed by atoms with van der Waals surface area (Å²) in [6.07, 6.45) is 2.75. The van der Waals surface area contributed by atoms with Crippen LogP contribution in [0.1, 0.15) is 22.4 Å². The van der Waals surface area contributed by atoms with E-state index in [2.05, 4.69) is 10.3 Å². The van der Waals surface area contributed by atoms with E-state index in [1.54, 1.807) is 10.9 Å². The fourth-order valence-corrected chi connectivity index (χ4v) is 3.97. The van der Waals surface area contributed by atoms with Gasteiger partial charge in [0.05, 0.1) is 12.5 Å². The lowest BCUT2D eigenvalue weighted by Crippen LogP contribution is -2.38. The zero-order valence-electron chi connectivity index (χ0n) is 16.4. The van der Waals surface area contributed by atoms with Crippen molar-refractivity contribution in [3.05, 3.63) is 120 Å². The third-order valence-electron chi connectivity index (χ3n) is 4.88.